The molecule has 0 spiro atoms. The van der Waals surface area contributed by atoms with Crippen molar-refractivity contribution in [2.75, 3.05) is 18.0 Å². The summed E-state index contributed by atoms with van der Waals surface area (Å²) in [6.07, 6.45) is -8.21. The van der Waals surface area contributed by atoms with Gasteiger partial charge in [0.05, 0.1) is 13.1 Å². The van der Waals surface area contributed by atoms with Gasteiger partial charge in [0, 0.05) is 30.4 Å². The van der Waals surface area contributed by atoms with Gasteiger partial charge in [0.2, 0.25) is 11.8 Å². The van der Waals surface area contributed by atoms with Gasteiger partial charge in [0.25, 0.3) is 5.06 Å². The molecule has 0 bridgehead atoms. The summed E-state index contributed by atoms with van der Waals surface area (Å²) in [4.78, 5) is 36.6. The van der Waals surface area contributed by atoms with Crippen molar-refractivity contribution in [1.29, 1.82) is 0 Å². The average Bonchev–Trinajstić information content (AvgIpc) is 3.24. The molecule has 3 aliphatic rings. The van der Waals surface area contributed by atoms with Gasteiger partial charge in [-0.25, -0.2) is 23.4 Å². The zero-order valence-electron chi connectivity index (χ0n) is 25.1. The van der Waals surface area contributed by atoms with Gasteiger partial charge < -0.3 is 29.5 Å². The molecule has 2 N–H and O–H groups in total. The highest BCUT2D eigenvalue weighted by Crippen LogP contribution is 2.43. The van der Waals surface area contributed by atoms with Crippen LogP contribution >= 0.6 is 11.8 Å². The quantitative estimate of drug-likeness (QED) is 0.386. The van der Waals surface area contributed by atoms with Crippen LogP contribution in [0.3, 0.4) is 0 Å². The second-order valence-electron chi connectivity index (χ2n) is 12.9. The highest BCUT2D eigenvalue weighted by molar-refractivity contribution is 8.03. The summed E-state index contributed by atoms with van der Waals surface area (Å²) in [6.45, 7) is 10.1. The predicted octanol–water partition coefficient (Wildman–Crippen LogP) is 5.64. The number of anilines is 1. The largest absolute Gasteiger partial charge is 0.470 e. The van der Waals surface area contributed by atoms with E-state index in [1.807, 2.05) is 5.32 Å². The van der Waals surface area contributed by atoms with Crippen molar-refractivity contribution in [3.05, 3.63) is 23.0 Å². The molecule has 0 radical (unpaired) electrons. The molecule has 4 rings (SSSR count). The van der Waals surface area contributed by atoms with Gasteiger partial charge in [-0.15, -0.1) is 0 Å². The van der Waals surface area contributed by atoms with E-state index in [0.717, 1.165) is 4.90 Å². The molecule has 2 amide bonds. The minimum Gasteiger partial charge on any atom is -0.470 e. The smallest absolute Gasteiger partial charge is 0.431 e. The highest BCUT2D eigenvalue weighted by Gasteiger charge is 2.48. The van der Waals surface area contributed by atoms with Gasteiger partial charge in [-0.2, -0.15) is 18.2 Å². The number of amides is 2. The number of nitrogens with one attached hydrogen (secondary N) is 1. The number of ether oxygens (including phenoxy) is 3. The van der Waals surface area contributed by atoms with Crippen molar-refractivity contribution >= 4 is 29.8 Å². The van der Waals surface area contributed by atoms with Crippen molar-refractivity contribution in [3.8, 4) is 5.88 Å². The predicted molar refractivity (Wildman–Crippen MR) is 149 cm³/mol. The summed E-state index contributed by atoms with van der Waals surface area (Å²) >= 11 is 0.342. The van der Waals surface area contributed by atoms with E-state index in [9.17, 15) is 36.6 Å². The first kappa shape index (κ1) is 33.8. The van der Waals surface area contributed by atoms with E-state index in [1.54, 1.807) is 41.5 Å². The normalized spacial score (nSPS) is 22.9. The molecular weight excluding hydrogens is 617 g/mol. The minimum absolute atomic E-state index is 0.0914. The van der Waals surface area contributed by atoms with Crippen LogP contribution in [0.25, 0.3) is 0 Å². The molecular formula is C27H36F5N5O6S. The lowest BCUT2D eigenvalue weighted by molar-refractivity contribution is -0.102. The third kappa shape index (κ3) is 8.34. The molecule has 1 saturated heterocycles. The van der Waals surface area contributed by atoms with Crippen molar-refractivity contribution in [2.45, 2.75) is 108 Å². The number of hydrogen-bond acceptors (Lipinski definition) is 10. The van der Waals surface area contributed by atoms with Crippen LogP contribution in [0.2, 0.25) is 0 Å². The third-order valence-electron chi connectivity index (χ3n) is 6.62. The number of nitrogens with zero attached hydrogens (tertiary/aromatic N) is 4. The molecule has 1 aliphatic carbocycles. The summed E-state index contributed by atoms with van der Waals surface area (Å²) < 4.78 is 85.1. The topological polar surface area (TPSA) is 126 Å². The second-order valence-corrected chi connectivity index (χ2v) is 13.9. The molecule has 2 fully saturated rings. The number of rotatable bonds is 5. The molecule has 246 valence electrons. The Hall–Kier alpha value is -3.08. The van der Waals surface area contributed by atoms with E-state index in [1.165, 1.54) is 11.0 Å². The lowest BCUT2D eigenvalue weighted by Crippen LogP contribution is -2.57. The molecule has 17 heteroatoms. The van der Waals surface area contributed by atoms with Gasteiger partial charge in [0.15, 0.2) is 5.82 Å². The van der Waals surface area contributed by atoms with Crippen LogP contribution in [-0.2, 0) is 14.5 Å². The molecule has 11 nitrogen and oxygen atoms in total. The number of halogens is 5. The summed E-state index contributed by atoms with van der Waals surface area (Å²) in [5.74, 6) is -3.97. The fourth-order valence-electron chi connectivity index (χ4n) is 4.56. The Morgan fingerprint density at radius 1 is 1.05 bits per heavy atom. The Labute approximate surface area is 255 Å². The number of aromatic nitrogens is 2. The number of likely N-dealkylation sites (tertiary alicyclic amines) is 1. The Morgan fingerprint density at radius 2 is 1.64 bits per heavy atom. The molecule has 1 saturated carbocycles. The SMILES string of the molecule is CC(C)(C)OC(=O)N1CC(Oc2cc(N(C(=O)OC(C)(C)C)C3CCC(F)(F)CC3)nc(C3(O)NC(C(F)(F)F)=CS3)n2)C1. The third-order valence-corrected chi connectivity index (χ3v) is 7.60. The van der Waals surface area contributed by atoms with Crippen molar-refractivity contribution in [2.24, 2.45) is 0 Å². The highest BCUT2D eigenvalue weighted by atomic mass is 32.2. The molecule has 44 heavy (non-hydrogen) atoms. The van der Waals surface area contributed by atoms with Crippen LogP contribution < -0.4 is 15.0 Å². The summed E-state index contributed by atoms with van der Waals surface area (Å²) in [6, 6.07) is 0.409. The number of carbonyl (C=O) groups excluding carboxylic acids is 2. The second kappa shape index (κ2) is 11.7. The maximum Gasteiger partial charge on any atom is 0.431 e. The summed E-state index contributed by atoms with van der Waals surface area (Å²) in [5.41, 5.74) is -2.96. The lowest BCUT2D eigenvalue weighted by Gasteiger charge is -2.39. The summed E-state index contributed by atoms with van der Waals surface area (Å²) in [5, 5.41) is 11.3. The van der Waals surface area contributed by atoms with Crippen molar-refractivity contribution in [1.82, 2.24) is 20.2 Å². The Bertz CT molecular complexity index is 1290. The van der Waals surface area contributed by atoms with Crippen LogP contribution in [-0.4, -0.2) is 80.7 Å². The number of thioether (sulfide) groups is 1. The first-order valence-corrected chi connectivity index (χ1v) is 14.8. The zero-order chi connectivity index (χ0) is 32.9. The van der Waals surface area contributed by atoms with E-state index in [2.05, 4.69) is 9.97 Å². The van der Waals surface area contributed by atoms with Gasteiger partial charge in [-0.3, -0.25) is 4.90 Å². The fraction of sp³-hybridized carbons (Fsp3) is 0.704. The molecule has 1 unspecified atom stereocenters. The standard InChI is InChI=1S/C27H36F5N5O6S/c1-23(2,3)42-21(38)36-12-16(13-36)41-19-11-18(33-20(34-19)27(40)35-17(14-44-27)26(30,31)32)37(22(39)43-24(4,5)6)15-7-9-25(28,29)10-8-15/h11,14-16,35,40H,7-10,12-13H2,1-6H3. The van der Waals surface area contributed by atoms with Gasteiger partial charge in [-0.05, 0) is 54.4 Å². The van der Waals surface area contributed by atoms with Gasteiger partial charge in [0.1, 0.15) is 28.8 Å². The number of allylic oxidation sites excluding steroid dienone is 1. The van der Waals surface area contributed by atoms with E-state index in [-0.39, 0.29) is 37.6 Å². The number of hydrogen-bond donors (Lipinski definition) is 2. The first-order chi connectivity index (χ1) is 20.0. The number of aliphatic hydroxyl groups is 1. The van der Waals surface area contributed by atoms with Crippen LogP contribution in [0.5, 0.6) is 5.88 Å². The molecule has 3 heterocycles. The molecule has 1 atom stereocenters. The fourth-order valence-corrected chi connectivity index (χ4v) is 5.41. The maximum absolute atomic E-state index is 14.0. The van der Waals surface area contributed by atoms with Crippen molar-refractivity contribution in [3.63, 3.8) is 0 Å². The van der Waals surface area contributed by atoms with Crippen LogP contribution in [0.4, 0.5) is 37.4 Å². The number of alkyl halides is 5. The van der Waals surface area contributed by atoms with E-state index in [4.69, 9.17) is 14.2 Å². The molecule has 2 aliphatic heterocycles. The number of carbonyl (C=O) groups is 2. The maximum atomic E-state index is 14.0. The van der Waals surface area contributed by atoms with E-state index >= 15 is 0 Å². The van der Waals surface area contributed by atoms with Gasteiger partial charge in [-0.1, -0.05) is 11.8 Å². The van der Waals surface area contributed by atoms with Crippen LogP contribution in [0.15, 0.2) is 17.2 Å². The molecule has 1 aromatic heterocycles. The average molecular weight is 654 g/mol. The van der Waals surface area contributed by atoms with Crippen molar-refractivity contribution < 1.29 is 50.9 Å². The van der Waals surface area contributed by atoms with E-state index in [0.29, 0.717) is 17.2 Å². The van der Waals surface area contributed by atoms with Crippen LogP contribution in [0, 0.1) is 0 Å². The Morgan fingerprint density at radius 3 is 2.16 bits per heavy atom. The zero-order valence-corrected chi connectivity index (χ0v) is 25.9. The minimum atomic E-state index is -4.82. The summed E-state index contributed by atoms with van der Waals surface area (Å²) in [7, 11) is 0. The lowest BCUT2D eigenvalue weighted by atomic mass is 9.91. The van der Waals surface area contributed by atoms with Gasteiger partial charge >= 0.3 is 18.4 Å². The van der Waals surface area contributed by atoms with E-state index < -0.39 is 77.1 Å². The molecule has 0 aromatic carbocycles. The monoisotopic (exact) mass is 653 g/mol. The van der Waals surface area contributed by atoms with Crippen LogP contribution in [0.1, 0.15) is 73.1 Å². The Balaban J connectivity index is 1.68. The first-order valence-electron chi connectivity index (χ1n) is 13.9. The molecule has 1 aromatic rings. The Kier molecular flexibility index (Phi) is 8.98.